The van der Waals surface area contributed by atoms with Crippen molar-refractivity contribution in [3.63, 3.8) is 0 Å². The molecule has 1 heterocycles. The summed E-state index contributed by atoms with van der Waals surface area (Å²) in [5, 5.41) is 0.212. The van der Waals surface area contributed by atoms with E-state index in [9.17, 15) is 4.79 Å². The van der Waals surface area contributed by atoms with Crippen LogP contribution in [0, 0.1) is 6.57 Å². The van der Waals surface area contributed by atoms with E-state index in [2.05, 4.69) is 38.7 Å². The molecule has 5 nitrogen and oxygen atoms in total. The monoisotopic (exact) mass is 382 g/mol. The van der Waals surface area contributed by atoms with E-state index in [1.54, 1.807) is 4.90 Å². The fraction of sp³-hybridized carbons (Fsp3) is 0.900. The quantitative estimate of drug-likeness (QED) is 0.359. The molecule has 0 bridgehead atoms. The number of carbonyl (C=O) groups excluding carboxylic acids is 1. The third-order valence-electron chi connectivity index (χ3n) is 5.64. The first-order valence-electron chi connectivity index (χ1n) is 9.72. The van der Waals surface area contributed by atoms with Crippen LogP contribution in [0.15, 0.2) is 0 Å². The molecule has 6 heteroatoms. The summed E-state index contributed by atoms with van der Waals surface area (Å²) >= 11 is 0. The van der Waals surface area contributed by atoms with E-state index in [0.717, 1.165) is 32.3 Å². The molecular formula is C20H38N2O3Si. The lowest BCUT2D eigenvalue weighted by molar-refractivity contribution is 0.0178. The second kappa shape index (κ2) is 8.31. The van der Waals surface area contributed by atoms with Gasteiger partial charge in [0.1, 0.15) is 5.60 Å². The van der Waals surface area contributed by atoms with Gasteiger partial charge >= 0.3 is 6.09 Å². The topological polar surface area (TPSA) is 43.1 Å². The van der Waals surface area contributed by atoms with Gasteiger partial charge in [0.25, 0.3) is 0 Å². The summed E-state index contributed by atoms with van der Waals surface area (Å²) in [5.74, 6) is 0. The molecule has 1 rings (SSSR count). The average molecular weight is 383 g/mol. The van der Waals surface area contributed by atoms with Crippen molar-refractivity contribution in [1.29, 1.82) is 0 Å². The lowest BCUT2D eigenvalue weighted by atomic mass is 9.84. The lowest BCUT2D eigenvalue weighted by Gasteiger charge is -2.37. The molecule has 1 amide bonds. The van der Waals surface area contributed by atoms with Gasteiger partial charge in [-0.1, -0.05) is 20.8 Å². The Morgan fingerprint density at radius 1 is 1.15 bits per heavy atom. The third kappa shape index (κ3) is 6.59. The third-order valence-corrected chi connectivity index (χ3v) is 10.2. The fourth-order valence-corrected chi connectivity index (χ4v) is 3.88. The van der Waals surface area contributed by atoms with Crippen LogP contribution in [0.1, 0.15) is 67.2 Å². The Bertz CT molecular complexity index is 519. The molecule has 0 spiro atoms. The number of carbonyl (C=O) groups is 1. The van der Waals surface area contributed by atoms with Gasteiger partial charge in [-0.05, 0) is 45.3 Å². The average Bonchev–Trinajstić information content (AvgIpc) is 2.49. The molecule has 0 aromatic rings. The molecule has 1 aliphatic rings. The maximum Gasteiger partial charge on any atom is 0.410 e. The highest BCUT2D eigenvalue weighted by Crippen LogP contribution is 2.37. The Kier molecular flexibility index (Phi) is 7.34. The molecule has 0 atom stereocenters. The van der Waals surface area contributed by atoms with Crippen molar-refractivity contribution in [3.8, 4) is 0 Å². The first kappa shape index (κ1) is 23.0. The smallest absolute Gasteiger partial charge is 0.410 e. The number of hydrogen-bond acceptors (Lipinski definition) is 3. The number of nitrogens with zero attached hydrogens (tertiary/aromatic N) is 2. The van der Waals surface area contributed by atoms with Gasteiger partial charge in [0.05, 0.1) is 0 Å². The summed E-state index contributed by atoms with van der Waals surface area (Å²) < 4.78 is 11.7. The van der Waals surface area contributed by atoms with Crippen LogP contribution in [0.25, 0.3) is 4.85 Å². The van der Waals surface area contributed by atoms with E-state index in [0.29, 0.717) is 13.1 Å². The van der Waals surface area contributed by atoms with Gasteiger partial charge in [-0.2, -0.15) is 0 Å². The standard InChI is InChI=1S/C20H38N2O3Si/c1-18(2,3)25-17(23)22-14-12-20(21-7,13-15-22)11-10-16-24-26(8,9)19(4,5)6/h10-16H2,1-6,8-9H3. The normalized spacial score (nSPS) is 18.3. The Hall–Kier alpha value is -1.06. The molecule has 0 aromatic carbocycles. The van der Waals surface area contributed by atoms with Crippen LogP contribution in [0.3, 0.4) is 0 Å². The van der Waals surface area contributed by atoms with E-state index in [-0.39, 0.29) is 16.7 Å². The van der Waals surface area contributed by atoms with Crippen LogP contribution < -0.4 is 0 Å². The highest BCUT2D eigenvalue weighted by molar-refractivity contribution is 6.74. The van der Waals surface area contributed by atoms with Gasteiger partial charge in [0, 0.05) is 39.0 Å². The zero-order valence-corrected chi connectivity index (χ0v) is 19.1. The minimum absolute atomic E-state index is 0.212. The number of piperidine rings is 1. The number of rotatable bonds is 5. The van der Waals surface area contributed by atoms with Crippen molar-refractivity contribution in [2.45, 2.75) is 96.5 Å². The highest BCUT2D eigenvalue weighted by Gasteiger charge is 2.42. The zero-order valence-electron chi connectivity index (χ0n) is 18.1. The zero-order chi connectivity index (χ0) is 20.2. The summed E-state index contributed by atoms with van der Waals surface area (Å²) in [6, 6.07) is 0. The molecule has 0 saturated carbocycles. The largest absolute Gasteiger partial charge is 0.444 e. The molecule has 150 valence electrons. The molecule has 1 aliphatic heterocycles. The van der Waals surface area contributed by atoms with Gasteiger partial charge < -0.3 is 18.9 Å². The number of likely N-dealkylation sites (tertiary alicyclic amines) is 1. The van der Waals surface area contributed by atoms with Crippen molar-refractivity contribution in [2.75, 3.05) is 19.7 Å². The molecule has 0 unspecified atom stereocenters. The van der Waals surface area contributed by atoms with Gasteiger partial charge in [0.15, 0.2) is 8.32 Å². The molecule has 0 aliphatic carbocycles. The van der Waals surface area contributed by atoms with Gasteiger partial charge in [-0.25, -0.2) is 11.4 Å². The summed E-state index contributed by atoms with van der Waals surface area (Å²) in [5.41, 5.74) is -0.832. The highest BCUT2D eigenvalue weighted by atomic mass is 28.4. The molecule has 0 radical (unpaired) electrons. The molecule has 1 saturated heterocycles. The van der Waals surface area contributed by atoms with Crippen molar-refractivity contribution in [2.24, 2.45) is 0 Å². The minimum Gasteiger partial charge on any atom is -0.444 e. The van der Waals surface area contributed by atoms with E-state index in [4.69, 9.17) is 15.7 Å². The van der Waals surface area contributed by atoms with Gasteiger partial charge in [-0.3, -0.25) is 0 Å². The molecule has 1 fully saturated rings. The van der Waals surface area contributed by atoms with Crippen LogP contribution in [0.2, 0.25) is 18.1 Å². The van der Waals surface area contributed by atoms with Crippen molar-refractivity contribution >= 4 is 14.4 Å². The summed E-state index contributed by atoms with van der Waals surface area (Å²) in [4.78, 5) is 17.9. The number of ether oxygens (including phenoxy) is 1. The fourth-order valence-electron chi connectivity index (χ4n) is 2.79. The lowest BCUT2D eigenvalue weighted by Crippen LogP contribution is -2.47. The van der Waals surface area contributed by atoms with Crippen LogP contribution in [0.4, 0.5) is 4.79 Å². The first-order valence-corrected chi connectivity index (χ1v) is 12.6. The predicted octanol–water partition coefficient (Wildman–Crippen LogP) is 5.48. The second-order valence-corrected chi connectivity index (χ2v) is 14.8. The summed E-state index contributed by atoms with van der Waals surface area (Å²) in [6.45, 7) is 26.5. The first-order chi connectivity index (χ1) is 11.7. The Balaban J connectivity index is 2.48. The molecule has 0 aromatic heterocycles. The Labute approximate surface area is 161 Å². The van der Waals surface area contributed by atoms with E-state index in [1.807, 2.05) is 20.8 Å². The van der Waals surface area contributed by atoms with Gasteiger partial charge in [-0.15, -0.1) is 0 Å². The SMILES string of the molecule is [C-]#[N+]C1(CCCO[Si](C)(C)C(C)(C)C)CCN(C(=O)OC(C)(C)C)CC1. The molecule has 0 N–H and O–H groups in total. The van der Waals surface area contributed by atoms with E-state index in [1.165, 1.54) is 0 Å². The second-order valence-electron chi connectivity index (χ2n) is 10.0. The number of amides is 1. The van der Waals surface area contributed by atoms with Crippen molar-refractivity contribution < 1.29 is 14.0 Å². The van der Waals surface area contributed by atoms with Crippen LogP contribution in [-0.4, -0.2) is 50.1 Å². The maximum atomic E-state index is 12.2. The van der Waals surface area contributed by atoms with Crippen LogP contribution in [0.5, 0.6) is 0 Å². The molecular weight excluding hydrogens is 344 g/mol. The van der Waals surface area contributed by atoms with Crippen LogP contribution in [-0.2, 0) is 9.16 Å². The summed E-state index contributed by atoms with van der Waals surface area (Å²) in [7, 11) is -1.72. The number of hydrogen-bond donors (Lipinski definition) is 0. The Morgan fingerprint density at radius 2 is 1.69 bits per heavy atom. The van der Waals surface area contributed by atoms with E-state index < -0.39 is 13.9 Å². The van der Waals surface area contributed by atoms with Gasteiger partial charge in [0.2, 0.25) is 5.54 Å². The van der Waals surface area contributed by atoms with Crippen molar-refractivity contribution in [3.05, 3.63) is 11.4 Å². The van der Waals surface area contributed by atoms with Crippen molar-refractivity contribution in [1.82, 2.24) is 4.90 Å². The molecule has 26 heavy (non-hydrogen) atoms. The van der Waals surface area contributed by atoms with E-state index >= 15 is 0 Å². The Morgan fingerprint density at radius 3 is 2.12 bits per heavy atom. The minimum atomic E-state index is -1.72. The van der Waals surface area contributed by atoms with Crippen LogP contribution >= 0.6 is 0 Å². The summed E-state index contributed by atoms with van der Waals surface area (Å²) in [6.07, 6.45) is 2.91. The predicted molar refractivity (Wildman–Crippen MR) is 109 cm³/mol. The maximum absolute atomic E-state index is 12.2.